The fourth-order valence-corrected chi connectivity index (χ4v) is 1.08. The fourth-order valence-electron chi connectivity index (χ4n) is 0.430. The molecule has 64 valence electrons. The first-order valence-electron chi connectivity index (χ1n) is 3.00. The largest absolute Gasteiger partial charge is 0.480 e. The lowest BCUT2D eigenvalue weighted by molar-refractivity contribution is -0.142. The van der Waals surface area contributed by atoms with Gasteiger partial charge in [-0.1, -0.05) is 0 Å². The van der Waals surface area contributed by atoms with Gasteiger partial charge in [0.15, 0.2) is 0 Å². The van der Waals surface area contributed by atoms with E-state index in [1.54, 1.807) is 0 Å². The van der Waals surface area contributed by atoms with Crippen LogP contribution in [0.15, 0.2) is 0 Å². The Bertz CT molecular complexity index is 213. The summed E-state index contributed by atoms with van der Waals surface area (Å²) in [5, 5.41) is 8.43. The predicted molar refractivity (Wildman–Crippen MR) is 38.0 cm³/mol. The van der Waals surface area contributed by atoms with Gasteiger partial charge in [0.05, 0.1) is 6.16 Å². The summed E-state index contributed by atoms with van der Waals surface area (Å²) in [7, 11) is -2.53. The molecule has 1 unspecified atom stereocenters. The smallest absolute Gasteiger partial charge is 0.323 e. The summed E-state index contributed by atoms with van der Waals surface area (Å²) in [6, 6.07) is 0. The number of rotatable bonds is 4. The normalized spacial score (nSPS) is 15.5. The average molecular weight is 179 g/mol. The SMILES string of the molecule is CC(N)(CCP(=O)=O)C(=O)O. The van der Waals surface area contributed by atoms with Crippen molar-refractivity contribution >= 4 is 13.6 Å². The van der Waals surface area contributed by atoms with Gasteiger partial charge in [0, 0.05) is 0 Å². The summed E-state index contributed by atoms with van der Waals surface area (Å²) in [4.78, 5) is 10.3. The molecule has 0 aromatic rings. The van der Waals surface area contributed by atoms with Gasteiger partial charge in [0.1, 0.15) is 5.54 Å². The molecule has 11 heavy (non-hydrogen) atoms. The molecule has 0 bridgehead atoms. The third kappa shape index (κ3) is 3.91. The maximum Gasteiger partial charge on any atom is 0.323 e. The first-order valence-corrected chi connectivity index (χ1v) is 4.36. The molecule has 0 aliphatic rings. The number of nitrogens with two attached hydrogens (primary N) is 1. The summed E-state index contributed by atoms with van der Waals surface area (Å²) in [6.45, 7) is 1.29. The zero-order valence-corrected chi connectivity index (χ0v) is 7.01. The molecule has 1 atom stereocenters. The highest BCUT2D eigenvalue weighted by Crippen LogP contribution is 2.13. The highest BCUT2D eigenvalue weighted by atomic mass is 31.1. The summed E-state index contributed by atoms with van der Waals surface area (Å²) >= 11 is 0. The van der Waals surface area contributed by atoms with Crippen molar-refractivity contribution in [3.8, 4) is 0 Å². The van der Waals surface area contributed by atoms with Crippen LogP contribution in [0.3, 0.4) is 0 Å². The summed E-state index contributed by atoms with van der Waals surface area (Å²) in [5.74, 6) is -1.19. The van der Waals surface area contributed by atoms with Crippen LogP contribution < -0.4 is 5.73 Å². The second-order valence-electron chi connectivity index (χ2n) is 2.53. The highest BCUT2D eigenvalue weighted by Gasteiger charge is 2.27. The quantitative estimate of drug-likeness (QED) is 0.607. The predicted octanol–water partition coefficient (Wildman–Crippen LogP) is 0.351. The van der Waals surface area contributed by atoms with Gasteiger partial charge >= 0.3 is 13.6 Å². The molecule has 0 aromatic heterocycles. The minimum absolute atomic E-state index is 0.0545. The van der Waals surface area contributed by atoms with E-state index in [2.05, 4.69) is 0 Å². The van der Waals surface area contributed by atoms with Crippen LogP contribution in [-0.2, 0) is 13.9 Å². The number of hydrogen-bond acceptors (Lipinski definition) is 4. The van der Waals surface area contributed by atoms with Gasteiger partial charge in [-0.15, -0.1) is 0 Å². The Morgan fingerprint density at radius 1 is 1.64 bits per heavy atom. The van der Waals surface area contributed by atoms with E-state index >= 15 is 0 Å². The van der Waals surface area contributed by atoms with E-state index in [9.17, 15) is 13.9 Å². The Hall–Kier alpha value is -0.670. The molecule has 0 rings (SSSR count). The molecular formula is C5H10NO4P. The van der Waals surface area contributed by atoms with Crippen molar-refractivity contribution in [3.63, 3.8) is 0 Å². The molecule has 6 heteroatoms. The second-order valence-corrected chi connectivity index (χ2v) is 3.64. The summed E-state index contributed by atoms with van der Waals surface area (Å²) in [5.41, 5.74) is 3.81. The van der Waals surface area contributed by atoms with Crippen molar-refractivity contribution in [1.82, 2.24) is 0 Å². The van der Waals surface area contributed by atoms with Crippen LogP contribution >= 0.6 is 7.68 Å². The van der Waals surface area contributed by atoms with Crippen LogP contribution in [0.4, 0.5) is 0 Å². The van der Waals surface area contributed by atoms with E-state index in [0.29, 0.717) is 0 Å². The van der Waals surface area contributed by atoms with Gasteiger partial charge in [-0.25, -0.2) is 9.13 Å². The van der Waals surface area contributed by atoms with Crippen LogP contribution in [0.2, 0.25) is 0 Å². The van der Waals surface area contributed by atoms with Gasteiger partial charge in [0.25, 0.3) is 0 Å². The maximum atomic E-state index is 10.3. The number of aliphatic carboxylic acids is 1. The van der Waals surface area contributed by atoms with Crippen LogP contribution in [-0.4, -0.2) is 22.8 Å². The first-order chi connectivity index (χ1) is 4.86. The van der Waals surface area contributed by atoms with Crippen LogP contribution in [0.5, 0.6) is 0 Å². The lowest BCUT2D eigenvalue weighted by Gasteiger charge is -2.16. The fraction of sp³-hybridized carbons (Fsp3) is 0.800. The van der Waals surface area contributed by atoms with Crippen molar-refractivity contribution in [2.75, 3.05) is 6.16 Å². The zero-order valence-electron chi connectivity index (χ0n) is 6.11. The van der Waals surface area contributed by atoms with Gasteiger partial charge < -0.3 is 10.8 Å². The van der Waals surface area contributed by atoms with E-state index in [0.717, 1.165) is 0 Å². The van der Waals surface area contributed by atoms with Crippen molar-refractivity contribution in [3.05, 3.63) is 0 Å². The minimum Gasteiger partial charge on any atom is -0.480 e. The lowest BCUT2D eigenvalue weighted by atomic mass is 10.0. The molecule has 0 heterocycles. The third-order valence-corrected chi connectivity index (χ3v) is 1.89. The topological polar surface area (TPSA) is 97.5 Å². The Labute approximate surface area is 64.4 Å². The molecule has 5 nitrogen and oxygen atoms in total. The van der Waals surface area contributed by atoms with Gasteiger partial charge in [-0.2, -0.15) is 0 Å². The van der Waals surface area contributed by atoms with Crippen molar-refractivity contribution in [1.29, 1.82) is 0 Å². The highest BCUT2D eigenvalue weighted by molar-refractivity contribution is 7.30. The molecule has 0 fully saturated rings. The molecule has 0 aromatic carbocycles. The van der Waals surface area contributed by atoms with E-state index in [1.807, 2.05) is 0 Å². The van der Waals surface area contributed by atoms with Crippen LogP contribution in [0.1, 0.15) is 13.3 Å². The summed E-state index contributed by atoms with van der Waals surface area (Å²) in [6.07, 6.45) is -0.240. The molecule has 0 aliphatic heterocycles. The lowest BCUT2D eigenvalue weighted by Crippen LogP contribution is -2.45. The maximum absolute atomic E-state index is 10.3. The van der Waals surface area contributed by atoms with Crippen LogP contribution in [0.25, 0.3) is 0 Å². The molecule has 0 saturated carbocycles. The Kier molecular flexibility index (Phi) is 3.42. The van der Waals surface area contributed by atoms with Gasteiger partial charge in [-0.3, -0.25) is 4.79 Å². The molecule has 0 aliphatic carbocycles. The number of carboxylic acids is 1. The van der Waals surface area contributed by atoms with Crippen molar-refractivity contribution in [2.24, 2.45) is 5.73 Å². The summed E-state index contributed by atoms with van der Waals surface area (Å²) < 4.78 is 20.1. The standard InChI is InChI=1S/C5H10NO4P/c1-5(6,4(7)8)2-3-11(9)10/h2-3,6H2,1H3,(H,7,8). The zero-order chi connectivity index (χ0) is 9.07. The second kappa shape index (κ2) is 3.64. The molecule has 0 spiro atoms. The molecular weight excluding hydrogens is 169 g/mol. The van der Waals surface area contributed by atoms with Crippen molar-refractivity contribution < 1.29 is 19.0 Å². The van der Waals surface area contributed by atoms with E-state index in [4.69, 9.17) is 10.8 Å². The molecule has 3 N–H and O–H groups in total. The van der Waals surface area contributed by atoms with Gasteiger partial charge in [0.2, 0.25) is 0 Å². The molecule has 0 saturated heterocycles. The number of carbonyl (C=O) groups is 1. The van der Waals surface area contributed by atoms with Gasteiger partial charge in [-0.05, 0) is 13.3 Å². The average Bonchev–Trinajstić information content (AvgIpc) is 1.84. The van der Waals surface area contributed by atoms with Crippen molar-refractivity contribution in [2.45, 2.75) is 18.9 Å². The Balaban J connectivity index is 4.02. The minimum atomic E-state index is -2.53. The Morgan fingerprint density at radius 2 is 2.09 bits per heavy atom. The van der Waals surface area contributed by atoms with Crippen LogP contribution in [0, 0.1) is 0 Å². The Morgan fingerprint density at radius 3 is 2.36 bits per heavy atom. The number of hydrogen-bond donors (Lipinski definition) is 2. The molecule has 0 radical (unpaired) electrons. The monoisotopic (exact) mass is 179 g/mol. The van der Waals surface area contributed by atoms with E-state index in [1.165, 1.54) is 6.92 Å². The third-order valence-electron chi connectivity index (χ3n) is 1.30. The molecule has 0 amide bonds. The van der Waals surface area contributed by atoms with E-state index < -0.39 is 19.2 Å². The van der Waals surface area contributed by atoms with E-state index in [-0.39, 0.29) is 12.6 Å². The first kappa shape index (κ1) is 10.3. The number of carboxylic acid groups (broad SMARTS) is 1.